The van der Waals surface area contributed by atoms with Crippen LogP contribution in [0.25, 0.3) is 0 Å². The Morgan fingerprint density at radius 1 is 1.04 bits per heavy atom. The molecule has 2 fully saturated rings. The second-order valence-corrected chi connectivity index (χ2v) is 16.4. The van der Waals surface area contributed by atoms with Crippen molar-refractivity contribution in [1.82, 2.24) is 0 Å². The predicted molar refractivity (Wildman–Crippen MR) is 123 cm³/mol. The lowest BCUT2D eigenvalue weighted by Crippen LogP contribution is -2.42. The Morgan fingerprint density at radius 3 is 2.22 bits per heavy atom. The van der Waals surface area contributed by atoms with Gasteiger partial charge in [0.2, 0.25) is 0 Å². The zero-order chi connectivity index (χ0) is 20.2. The van der Waals surface area contributed by atoms with Crippen LogP contribution in [0, 0.1) is 29.6 Å². The highest BCUT2D eigenvalue weighted by molar-refractivity contribution is 6.74. The second kappa shape index (κ2) is 9.61. The van der Waals surface area contributed by atoms with Crippen LogP contribution in [-0.4, -0.2) is 14.9 Å². The minimum atomic E-state index is -1.68. The van der Waals surface area contributed by atoms with E-state index in [4.69, 9.17) is 4.43 Å². The molecular formula is C25H48OSi. The molecule has 0 radical (unpaired) electrons. The zero-order valence-corrected chi connectivity index (χ0v) is 20.7. The van der Waals surface area contributed by atoms with Gasteiger partial charge in [-0.25, -0.2) is 0 Å². The molecule has 27 heavy (non-hydrogen) atoms. The molecule has 2 aliphatic rings. The van der Waals surface area contributed by atoms with Crippen LogP contribution in [0.4, 0.5) is 0 Å². The smallest absolute Gasteiger partial charge is 0.192 e. The van der Waals surface area contributed by atoms with Gasteiger partial charge in [-0.2, -0.15) is 0 Å². The van der Waals surface area contributed by atoms with Gasteiger partial charge in [-0.05, 0) is 73.9 Å². The van der Waals surface area contributed by atoms with Crippen molar-refractivity contribution in [2.24, 2.45) is 29.6 Å². The van der Waals surface area contributed by atoms with E-state index in [1.165, 1.54) is 51.4 Å². The highest BCUT2D eigenvalue weighted by Gasteiger charge is 2.38. The average Bonchev–Trinajstić information content (AvgIpc) is 2.58. The lowest BCUT2D eigenvalue weighted by Gasteiger charge is -2.39. The molecule has 0 heterocycles. The van der Waals surface area contributed by atoms with E-state index in [1.54, 1.807) is 5.57 Å². The summed E-state index contributed by atoms with van der Waals surface area (Å²) in [4.78, 5) is 0. The van der Waals surface area contributed by atoms with Gasteiger partial charge in [0.05, 0.1) is 0 Å². The third-order valence-electron chi connectivity index (χ3n) is 7.96. The van der Waals surface area contributed by atoms with E-state index in [1.807, 2.05) is 0 Å². The average molecular weight is 393 g/mol. The molecule has 2 saturated carbocycles. The van der Waals surface area contributed by atoms with E-state index in [2.05, 4.69) is 60.7 Å². The fraction of sp³-hybridized carbons (Fsp3) is 0.920. The Kier molecular flexibility index (Phi) is 8.26. The molecular weight excluding hydrogens is 344 g/mol. The zero-order valence-electron chi connectivity index (χ0n) is 19.7. The van der Waals surface area contributed by atoms with Gasteiger partial charge in [-0.15, -0.1) is 0 Å². The first-order valence-corrected chi connectivity index (χ1v) is 14.8. The van der Waals surface area contributed by atoms with E-state index >= 15 is 0 Å². The minimum absolute atomic E-state index is 0.303. The molecule has 0 N–H and O–H groups in total. The minimum Gasteiger partial charge on any atom is -0.416 e. The van der Waals surface area contributed by atoms with E-state index < -0.39 is 8.32 Å². The molecule has 0 aliphatic heterocycles. The summed E-state index contributed by atoms with van der Waals surface area (Å²) in [7, 11) is -1.68. The lowest BCUT2D eigenvalue weighted by atomic mass is 9.71. The van der Waals surface area contributed by atoms with Crippen molar-refractivity contribution in [3.05, 3.63) is 11.6 Å². The third kappa shape index (κ3) is 6.46. The van der Waals surface area contributed by atoms with Crippen molar-refractivity contribution in [2.45, 2.75) is 111 Å². The van der Waals surface area contributed by atoms with Gasteiger partial charge in [0.15, 0.2) is 8.32 Å². The second-order valence-electron chi connectivity index (χ2n) is 11.6. The predicted octanol–water partition coefficient (Wildman–Crippen LogP) is 8.22. The van der Waals surface area contributed by atoms with Crippen LogP contribution in [-0.2, 0) is 4.43 Å². The van der Waals surface area contributed by atoms with Gasteiger partial charge >= 0.3 is 0 Å². The molecule has 0 bridgehead atoms. The molecule has 158 valence electrons. The van der Waals surface area contributed by atoms with Gasteiger partial charge in [0.1, 0.15) is 0 Å². The van der Waals surface area contributed by atoms with Gasteiger partial charge in [-0.3, -0.25) is 0 Å². The Morgan fingerprint density at radius 2 is 1.67 bits per heavy atom. The summed E-state index contributed by atoms with van der Waals surface area (Å²) in [6.45, 7) is 20.2. The maximum absolute atomic E-state index is 6.77. The molecule has 3 atom stereocenters. The first-order chi connectivity index (χ1) is 12.5. The molecule has 2 heteroatoms. The Balaban J connectivity index is 2.20. The Labute approximate surface area is 171 Å². The van der Waals surface area contributed by atoms with Crippen molar-refractivity contribution in [3.8, 4) is 0 Å². The van der Waals surface area contributed by atoms with Crippen molar-refractivity contribution in [2.75, 3.05) is 6.61 Å². The van der Waals surface area contributed by atoms with Crippen LogP contribution in [0.1, 0.15) is 92.9 Å². The third-order valence-corrected chi connectivity index (χ3v) is 12.5. The highest BCUT2D eigenvalue weighted by atomic mass is 28.4. The SMILES string of the molecule is CC(C)[C@@H]1CC[C@@H](C)C/C1=C\[C@H](CO[Si](C)(C)C(C)(C)C)C1CCCCC1. The molecule has 0 aromatic carbocycles. The molecule has 0 amide bonds. The molecule has 0 spiro atoms. The van der Waals surface area contributed by atoms with Crippen LogP contribution in [0.5, 0.6) is 0 Å². The van der Waals surface area contributed by atoms with Crippen molar-refractivity contribution in [3.63, 3.8) is 0 Å². The normalized spacial score (nSPS) is 28.7. The van der Waals surface area contributed by atoms with E-state index in [0.29, 0.717) is 11.0 Å². The largest absolute Gasteiger partial charge is 0.416 e. The number of rotatable bonds is 6. The highest BCUT2D eigenvalue weighted by Crippen LogP contribution is 2.42. The quantitative estimate of drug-likeness (QED) is 0.327. The summed E-state index contributed by atoms with van der Waals surface area (Å²) < 4.78 is 6.77. The molecule has 0 aromatic rings. The topological polar surface area (TPSA) is 9.23 Å². The monoisotopic (exact) mass is 392 g/mol. The standard InChI is InChI=1S/C25H48OSi/c1-19(2)24-15-14-20(3)16-22(24)17-23(21-12-10-9-11-13-21)18-26-27(7,8)25(4,5)6/h17,19-21,23-24H,9-16,18H2,1-8H3/b22-17+/t20-,23-,24+/m1/s1. The Hall–Kier alpha value is -0.0831. The van der Waals surface area contributed by atoms with Crippen LogP contribution in [0.15, 0.2) is 11.6 Å². The van der Waals surface area contributed by atoms with Crippen LogP contribution < -0.4 is 0 Å². The Bertz CT molecular complexity index is 479. The van der Waals surface area contributed by atoms with Crippen molar-refractivity contribution >= 4 is 8.32 Å². The maximum Gasteiger partial charge on any atom is 0.192 e. The summed E-state index contributed by atoms with van der Waals surface area (Å²) >= 11 is 0. The van der Waals surface area contributed by atoms with Crippen LogP contribution in [0.2, 0.25) is 18.1 Å². The van der Waals surface area contributed by atoms with Gasteiger partial charge < -0.3 is 4.43 Å². The first kappa shape index (κ1) is 23.2. The van der Waals surface area contributed by atoms with Gasteiger partial charge in [0.25, 0.3) is 0 Å². The fourth-order valence-corrected chi connectivity index (χ4v) is 5.98. The maximum atomic E-state index is 6.77. The summed E-state index contributed by atoms with van der Waals surface area (Å²) in [5.74, 6) is 3.93. The van der Waals surface area contributed by atoms with Gasteiger partial charge in [0, 0.05) is 12.5 Å². The first-order valence-electron chi connectivity index (χ1n) is 11.9. The summed E-state index contributed by atoms with van der Waals surface area (Å²) in [5, 5.41) is 0.303. The van der Waals surface area contributed by atoms with E-state index in [0.717, 1.165) is 30.3 Å². The fourth-order valence-electron chi connectivity index (χ4n) is 4.94. The molecule has 0 aromatic heterocycles. The van der Waals surface area contributed by atoms with E-state index in [-0.39, 0.29) is 0 Å². The van der Waals surface area contributed by atoms with Crippen LogP contribution >= 0.6 is 0 Å². The summed E-state index contributed by atoms with van der Waals surface area (Å²) in [6, 6.07) is 0. The number of hydrogen-bond donors (Lipinski definition) is 0. The summed E-state index contributed by atoms with van der Waals surface area (Å²) in [5.41, 5.74) is 1.78. The number of hydrogen-bond acceptors (Lipinski definition) is 1. The summed E-state index contributed by atoms with van der Waals surface area (Å²) in [6.07, 6.45) is 14.0. The van der Waals surface area contributed by atoms with Crippen molar-refractivity contribution in [1.29, 1.82) is 0 Å². The number of allylic oxidation sites excluding steroid dienone is 1. The lowest BCUT2D eigenvalue weighted by molar-refractivity contribution is 0.179. The van der Waals surface area contributed by atoms with Gasteiger partial charge in [-0.1, -0.05) is 72.5 Å². The molecule has 0 saturated heterocycles. The molecule has 0 unspecified atom stereocenters. The van der Waals surface area contributed by atoms with Crippen LogP contribution in [0.3, 0.4) is 0 Å². The van der Waals surface area contributed by atoms with E-state index in [9.17, 15) is 0 Å². The van der Waals surface area contributed by atoms with Crippen molar-refractivity contribution < 1.29 is 4.43 Å². The molecule has 2 aliphatic carbocycles. The molecule has 1 nitrogen and oxygen atoms in total. The molecule has 2 rings (SSSR count).